The standard InChI is InChI=1S/C15H28N2O/c1-11(7-16-15(2,3)4)8-17-9-12-5-6-14(18)13(12)10-17/h12-14,16,18H,1,5-10H2,2-4H3. The smallest absolute Gasteiger partial charge is 0.0583 e. The molecular formula is C15H28N2O. The van der Waals surface area contributed by atoms with E-state index >= 15 is 0 Å². The van der Waals surface area contributed by atoms with Gasteiger partial charge in [0.15, 0.2) is 0 Å². The van der Waals surface area contributed by atoms with Crippen LogP contribution < -0.4 is 5.32 Å². The van der Waals surface area contributed by atoms with Gasteiger partial charge in [0.25, 0.3) is 0 Å². The van der Waals surface area contributed by atoms with E-state index in [1.54, 1.807) is 0 Å². The van der Waals surface area contributed by atoms with Crippen molar-refractivity contribution in [3.63, 3.8) is 0 Å². The molecule has 0 aromatic carbocycles. The third kappa shape index (κ3) is 3.56. The molecule has 18 heavy (non-hydrogen) atoms. The Morgan fingerprint density at radius 2 is 2.06 bits per heavy atom. The molecule has 0 bridgehead atoms. The first kappa shape index (κ1) is 14.0. The number of fused-ring (bicyclic) bond motifs is 1. The third-order valence-corrected chi connectivity index (χ3v) is 4.21. The normalized spacial score (nSPS) is 32.8. The Bertz CT molecular complexity index is 308. The van der Waals surface area contributed by atoms with Gasteiger partial charge in [0, 0.05) is 37.6 Å². The second-order valence-corrected chi connectivity index (χ2v) is 7.12. The Morgan fingerprint density at radius 3 is 2.67 bits per heavy atom. The lowest BCUT2D eigenvalue weighted by atomic mass is 10.00. The Morgan fingerprint density at radius 1 is 1.33 bits per heavy atom. The molecule has 2 N–H and O–H groups in total. The molecule has 0 amide bonds. The molecule has 3 atom stereocenters. The first-order chi connectivity index (χ1) is 8.35. The largest absolute Gasteiger partial charge is 0.393 e. The van der Waals surface area contributed by atoms with Gasteiger partial charge in [-0.25, -0.2) is 0 Å². The highest BCUT2D eigenvalue weighted by Crippen LogP contribution is 2.38. The first-order valence-corrected chi connectivity index (χ1v) is 7.17. The molecule has 0 radical (unpaired) electrons. The SMILES string of the molecule is C=C(CNC(C)(C)C)CN1CC2CCC(O)C2C1. The van der Waals surface area contributed by atoms with Gasteiger partial charge >= 0.3 is 0 Å². The summed E-state index contributed by atoms with van der Waals surface area (Å²) in [4.78, 5) is 2.46. The van der Waals surface area contributed by atoms with E-state index in [1.807, 2.05) is 0 Å². The number of hydrogen-bond acceptors (Lipinski definition) is 3. The molecule has 3 heteroatoms. The van der Waals surface area contributed by atoms with Crippen LogP contribution in [0.25, 0.3) is 0 Å². The highest BCUT2D eigenvalue weighted by molar-refractivity contribution is 5.04. The van der Waals surface area contributed by atoms with Crippen molar-refractivity contribution in [3.8, 4) is 0 Å². The number of nitrogens with zero attached hydrogens (tertiary/aromatic N) is 1. The predicted octanol–water partition coefficient (Wildman–Crippen LogP) is 1.63. The molecule has 0 aromatic heterocycles. The summed E-state index contributed by atoms with van der Waals surface area (Å²) in [5.41, 5.74) is 1.40. The Kier molecular flexibility index (Phi) is 4.15. The number of likely N-dealkylation sites (tertiary alicyclic amines) is 1. The molecule has 1 aliphatic heterocycles. The molecule has 2 fully saturated rings. The molecule has 3 nitrogen and oxygen atoms in total. The maximum atomic E-state index is 9.90. The second kappa shape index (κ2) is 5.32. The van der Waals surface area contributed by atoms with Gasteiger partial charge in [-0.1, -0.05) is 6.58 Å². The van der Waals surface area contributed by atoms with Crippen molar-refractivity contribution in [2.24, 2.45) is 11.8 Å². The van der Waals surface area contributed by atoms with Crippen LogP contribution in [0.5, 0.6) is 0 Å². The average molecular weight is 252 g/mol. The molecule has 3 unspecified atom stereocenters. The van der Waals surface area contributed by atoms with Crippen molar-refractivity contribution in [3.05, 3.63) is 12.2 Å². The van der Waals surface area contributed by atoms with Crippen LogP contribution in [-0.2, 0) is 0 Å². The lowest BCUT2D eigenvalue weighted by Crippen LogP contribution is -2.38. The van der Waals surface area contributed by atoms with Gasteiger partial charge in [0.1, 0.15) is 0 Å². The van der Waals surface area contributed by atoms with Crippen LogP contribution in [-0.4, -0.2) is 47.8 Å². The van der Waals surface area contributed by atoms with Gasteiger partial charge in [0.05, 0.1) is 6.10 Å². The molecule has 0 aromatic rings. The molecule has 1 aliphatic carbocycles. The Hall–Kier alpha value is -0.380. The maximum absolute atomic E-state index is 9.90. The van der Waals surface area contributed by atoms with Crippen molar-refractivity contribution in [1.82, 2.24) is 10.2 Å². The quantitative estimate of drug-likeness (QED) is 0.747. The van der Waals surface area contributed by atoms with Gasteiger partial charge in [-0.05, 0) is 45.1 Å². The molecule has 0 spiro atoms. The zero-order valence-corrected chi connectivity index (χ0v) is 12.1. The summed E-state index contributed by atoms with van der Waals surface area (Å²) in [6.45, 7) is 14.8. The lowest BCUT2D eigenvalue weighted by Gasteiger charge is -2.24. The minimum atomic E-state index is -0.0547. The van der Waals surface area contributed by atoms with Gasteiger partial charge in [-0.15, -0.1) is 0 Å². The van der Waals surface area contributed by atoms with Gasteiger partial charge in [-0.3, -0.25) is 4.90 Å². The minimum Gasteiger partial charge on any atom is -0.393 e. The van der Waals surface area contributed by atoms with E-state index in [2.05, 4.69) is 37.6 Å². The van der Waals surface area contributed by atoms with Crippen molar-refractivity contribution < 1.29 is 5.11 Å². The van der Waals surface area contributed by atoms with Crippen molar-refractivity contribution in [2.75, 3.05) is 26.2 Å². The maximum Gasteiger partial charge on any atom is 0.0583 e. The molecule has 104 valence electrons. The fourth-order valence-electron chi connectivity index (χ4n) is 3.22. The summed E-state index contributed by atoms with van der Waals surface area (Å²) >= 11 is 0. The van der Waals surface area contributed by atoms with Gasteiger partial charge < -0.3 is 10.4 Å². The lowest BCUT2D eigenvalue weighted by molar-refractivity contribution is 0.125. The monoisotopic (exact) mass is 252 g/mol. The number of aliphatic hydroxyl groups is 1. The fourth-order valence-corrected chi connectivity index (χ4v) is 3.22. The number of aliphatic hydroxyl groups excluding tert-OH is 1. The van der Waals surface area contributed by atoms with E-state index in [1.165, 1.54) is 12.0 Å². The van der Waals surface area contributed by atoms with E-state index in [-0.39, 0.29) is 11.6 Å². The number of rotatable bonds is 4. The first-order valence-electron chi connectivity index (χ1n) is 7.17. The van der Waals surface area contributed by atoms with Crippen LogP contribution in [0.4, 0.5) is 0 Å². The van der Waals surface area contributed by atoms with Crippen LogP contribution in [0.15, 0.2) is 12.2 Å². The fraction of sp³-hybridized carbons (Fsp3) is 0.867. The average Bonchev–Trinajstić information content (AvgIpc) is 2.78. The summed E-state index contributed by atoms with van der Waals surface area (Å²) in [5.74, 6) is 1.25. The molecular weight excluding hydrogens is 224 g/mol. The summed E-state index contributed by atoms with van der Waals surface area (Å²) in [7, 11) is 0. The van der Waals surface area contributed by atoms with Crippen LogP contribution in [0.3, 0.4) is 0 Å². The summed E-state index contributed by atoms with van der Waals surface area (Å²) < 4.78 is 0. The molecule has 2 aliphatic rings. The second-order valence-electron chi connectivity index (χ2n) is 7.12. The van der Waals surface area contributed by atoms with E-state index in [4.69, 9.17) is 0 Å². The highest BCUT2D eigenvalue weighted by Gasteiger charge is 2.41. The zero-order chi connectivity index (χ0) is 13.3. The van der Waals surface area contributed by atoms with Crippen LogP contribution in [0, 0.1) is 11.8 Å². The van der Waals surface area contributed by atoms with Crippen LogP contribution >= 0.6 is 0 Å². The Balaban J connectivity index is 1.73. The topological polar surface area (TPSA) is 35.5 Å². The van der Waals surface area contributed by atoms with Gasteiger partial charge in [0.2, 0.25) is 0 Å². The predicted molar refractivity (Wildman–Crippen MR) is 75.6 cm³/mol. The van der Waals surface area contributed by atoms with E-state index in [9.17, 15) is 5.11 Å². The molecule has 1 saturated carbocycles. The third-order valence-electron chi connectivity index (χ3n) is 4.21. The van der Waals surface area contributed by atoms with Crippen LogP contribution in [0.2, 0.25) is 0 Å². The van der Waals surface area contributed by atoms with Crippen molar-refractivity contribution in [1.29, 1.82) is 0 Å². The molecule has 1 saturated heterocycles. The number of nitrogens with one attached hydrogen (secondary N) is 1. The highest BCUT2D eigenvalue weighted by atomic mass is 16.3. The van der Waals surface area contributed by atoms with Crippen molar-refractivity contribution in [2.45, 2.75) is 45.3 Å². The zero-order valence-electron chi connectivity index (χ0n) is 12.1. The van der Waals surface area contributed by atoms with E-state index < -0.39 is 0 Å². The molecule has 2 rings (SSSR count). The van der Waals surface area contributed by atoms with E-state index in [0.717, 1.165) is 38.5 Å². The summed E-state index contributed by atoms with van der Waals surface area (Å²) in [6.07, 6.45) is 2.16. The van der Waals surface area contributed by atoms with Crippen molar-refractivity contribution >= 4 is 0 Å². The minimum absolute atomic E-state index is 0.0547. The van der Waals surface area contributed by atoms with Gasteiger partial charge in [-0.2, -0.15) is 0 Å². The van der Waals surface area contributed by atoms with Crippen LogP contribution in [0.1, 0.15) is 33.6 Å². The summed E-state index contributed by atoms with van der Waals surface area (Å²) in [5, 5.41) is 13.4. The molecule has 1 heterocycles. The number of hydrogen-bond donors (Lipinski definition) is 2. The van der Waals surface area contributed by atoms with E-state index in [0.29, 0.717) is 5.92 Å². The Labute approximate surface area is 111 Å². The summed E-state index contributed by atoms with van der Waals surface area (Å²) in [6, 6.07) is 0.